The number of methoxy groups -OCH3 is 1. The Morgan fingerprint density at radius 2 is 2.15 bits per heavy atom. The highest BCUT2D eigenvalue weighted by Crippen LogP contribution is 2.70. The topological polar surface area (TPSA) is 51.2 Å². The summed E-state index contributed by atoms with van der Waals surface area (Å²) >= 11 is 0. The summed E-state index contributed by atoms with van der Waals surface area (Å²) in [6, 6.07) is 4.68. The highest BCUT2D eigenvalue weighted by Gasteiger charge is 2.79. The average Bonchev–Trinajstić information content (AvgIpc) is 3.41. The molecule has 0 amide bonds. The molecule has 3 aliphatic carbocycles. The van der Waals surface area contributed by atoms with E-state index in [4.69, 9.17) is 14.2 Å². The van der Waals surface area contributed by atoms with Crippen molar-refractivity contribution in [2.24, 2.45) is 5.92 Å². The first kappa shape index (κ1) is 15.6. The lowest BCUT2D eigenvalue weighted by molar-refractivity contribution is -0.323. The summed E-state index contributed by atoms with van der Waals surface area (Å²) in [5.41, 5.74) is 1.35. The lowest BCUT2D eigenvalue weighted by Gasteiger charge is -2.70. The van der Waals surface area contributed by atoms with Crippen LogP contribution in [0.25, 0.3) is 0 Å². The van der Waals surface area contributed by atoms with Crippen LogP contribution in [0.1, 0.15) is 43.2 Å². The van der Waals surface area contributed by atoms with Gasteiger partial charge in [0.15, 0.2) is 11.5 Å². The Hall–Kier alpha value is -1.30. The molecule has 0 radical (unpaired) electrons. The molecule has 4 aliphatic heterocycles. The summed E-state index contributed by atoms with van der Waals surface area (Å²) in [6.07, 6.45) is 6.30. The van der Waals surface area contributed by atoms with Crippen LogP contribution < -0.4 is 9.47 Å². The lowest BCUT2D eigenvalue weighted by atomic mass is 9.45. The van der Waals surface area contributed by atoms with E-state index in [2.05, 4.69) is 11.0 Å². The number of hydrogen-bond acceptors (Lipinski definition) is 5. The van der Waals surface area contributed by atoms with E-state index in [-0.39, 0.29) is 17.1 Å². The molecule has 7 aliphatic rings. The smallest absolute Gasteiger partial charge is 0.166 e. The maximum Gasteiger partial charge on any atom is 0.166 e. The van der Waals surface area contributed by atoms with Crippen molar-refractivity contribution in [2.75, 3.05) is 26.8 Å². The molecule has 144 valence electrons. The molecule has 8 rings (SSSR count). The van der Waals surface area contributed by atoms with Crippen LogP contribution in [0.3, 0.4) is 0 Å². The van der Waals surface area contributed by atoms with Gasteiger partial charge in [-0.3, -0.25) is 4.90 Å². The largest absolute Gasteiger partial charge is 0.493 e. The van der Waals surface area contributed by atoms with E-state index in [1.807, 2.05) is 6.07 Å². The average molecular weight is 369 g/mol. The summed E-state index contributed by atoms with van der Waals surface area (Å²) < 4.78 is 18.9. The number of nitrogens with zero attached hydrogens (tertiary/aromatic N) is 1. The van der Waals surface area contributed by atoms with Gasteiger partial charge < -0.3 is 19.3 Å². The third-order valence-corrected chi connectivity index (χ3v) is 8.68. The SMILES string of the molecule is COc1ccc2c3c1O[C@H]1[C@@]4(O)CC[C@@]5(OC4)[C@@H](C2)N(CC2CC2)CC[C@]315. The van der Waals surface area contributed by atoms with Crippen molar-refractivity contribution in [3.63, 3.8) is 0 Å². The number of piperidine rings is 1. The monoisotopic (exact) mass is 369 g/mol. The quantitative estimate of drug-likeness (QED) is 0.884. The number of aliphatic hydroxyl groups is 1. The van der Waals surface area contributed by atoms with Gasteiger partial charge in [-0.1, -0.05) is 6.07 Å². The highest BCUT2D eigenvalue weighted by molar-refractivity contribution is 5.64. The molecule has 2 spiro atoms. The zero-order valence-corrected chi connectivity index (χ0v) is 15.9. The van der Waals surface area contributed by atoms with Crippen LogP contribution >= 0.6 is 0 Å². The zero-order valence-electron chi connectivity index (χ0n) is 15.9. The van der Waals surface area contributed by atoms with Crippen molar-refractivity contribution in [2.45, 2.75) is 67.3 Å². The van der Waals surface area contributed by atoms with Crippen molar-refractivity contribution in [1.82, 2.24) is 4.90 Å². The Bertz CT molecular complexity index is 841. The first-order chi connectivity index (χ1) is 13.1. The molecule has 2 saturated carbocycles. The summed E-state index contributed by atoms with van der Waals surface area (Å²) in [4.78, 5) is 2.72. The molecule has 27 heavy (non-hydrogen) atoms. The second-order valence-corrected chi connectivity index (χ2v) is 9.79. The molecular formula is C22H27NO4. The Labute approximate surface area is 159 Å². The number of rotatable bonds is 3. The Morgan fingerprint density at radius 3 is 2.89 bits per heavy atom. The molecule has 5 fully saturated rings. The second-order valence-electron chi connectivity index (χ2n) is 9.79. The molecule has 5 atom stereocenters. The molecule has 5 nitrogen and oxygen atoms in total. The normalized spacial score (nSPS) is 46.1. The fraction of sp³-hybridized carbons (Fsp3) is 0.727. The van der Waals surface area contributed by atoms with E-state index in [1.165, 1.54) is 30.5 Å². The minimum Gasteiger partial charge on any atom is -0.493 e. The molecule has 1 aromatic rings. The second kappa shape index (κ2) is 4.64. The number of ether oxygens (including phenoxy) is 3. The van der Waals surface area contributed by atoms with Gasteiger partial charge in [0.1, 0.15) is 11.7 Å². The van der Waals surface area contributed by atoms with Crippen molar-refractivity contribution in [3.05, 3.63) is 23.3 Å². The predicted molar refractivity (Wildman–Crippen MR) is 98.4 cm³/mol. The maximum absolute atomic E-state index is 11.5. The van der Waals surface area contributed by atoms with Gasteiger partial charge in [-0.2, -0.15) is 0 Å². The summed E-state index contributed by atoms with van der Waals surface area (Å²) in [6.45, 7) is 2.69. The van der Waals surface area contributed by atoms with E-state index < -0.39 is 5.60 Å². The van der Waals surface area contributed by atoms with Crippen LogP contribution in [0.4, 0.5) is 0 Å². The summed E-state index contributed by atoms with van der Waals surface area (Å²) in [7, 11) is 1.71. The summed E-state index contributed by atoms with van der Waals surface area (Å²) in [5.74, 6) is 2.56. The van der Waals surface area contributed by atoms with Gasteiger partial charge in [-0.15, -0.1) is 0 Å². The fourth-order valence-electron chi connectivity index (χ4n) is 7.40. The molecule has 5 heteroatoms. The maximum atomic E-state index is 11.5. The first-order valence-electron chi connectivity index (χ1n) is 10.6. The van der Waals surface area contributed by atoms with Gasteiger partial charge in [0, 0.05) is 18.2 Å². The van der Waals surface area contributed by atoms with Crippen LogP contribution in [0.2, 0.25) is 0 Å². The number of likely N-dealkylation sites (tertiary alicyclic amines) is 1. The third kappa shape index (κ3) is 1.58. The fourth-order valence-corrected chi connectivity index (χ4v) is 7.40. The lowest BCUT2D eigenvalue weighted by Crippen LogP contribution is -2.84. The Morgan fingerprint density at radius 1 is 1.26 bits per heavy atom. The van der Waals surface area contributed by atoms with Gasteiger partial charge in [-0.05, 0) is 62.6 Å². The van der Waals surface area contributed by atoms with Crippen LogP contribution in [0.5, 0.6) is 11.5 Å². The number of hydrogen-bond donors (Lipinski definition) is 1. The zero-order chi connectivity index (χ0) is 18.0. The van der Waals surface area contributed by atoms with Crippen LogP contribution in [0.15, 0.2) is 12.1 Å². The van der Waals surface area contributed by atoms with Crippen LogP contribution in [-0.4, -0.2) is 60.2 Å². The number of fused-ring (bicyclic) bond motifs is 2. The van der Waals surface area contributed by atoms with Crippen molar-refractivity contribution < 1.29 is 19.3 Å². The van der Waals surface area contributed by atoms with E-state index in [1.54, 1.807) is 7.11 Å². The molecule has 1 N–H and O–H groups in total. The van der Waals surface area contributed by atoms with Crippen molar-refractivity contribution >= 4 is 0 Å². The van der Waals surface area contributed by atoms with Gasteiger partial charge in [0.05, 0.1) is 24.7 Å². The molecular weight excluding hydrogens is 342 g/mol. The van der Waals surface area contributed by atoms with E-state index in [0.29, 0.717) is 12.6 Å². The van der Waals surface area contributed by atoms with Gasteiger partial charge in [0.2, 0.25) is 0 Å². The van der Waals surface area contributed by atoms with Crippen molar-refractivity contribution in [1.29, 1.82) is 0 Å². The molecule has 0 aromatic heterocycles. The Kier molecular flexibility index (Phi) is 2.68. The van der Waals surface area contributed by atoms with Gasteiger partial charge >= 0.3 is 0 Å². The molecule has 4 bridgehead atoms. The van der Waals surface area contributed by atoms with E-state index in [9.17, 15) is 5.11 Å². The van der Waals surface area contributed by atoms with E-state index >= 15 is 0 Å². The molecule has 0 unspecified atom stereocenters. The third-order valence-electron chi connectivity index (χ3n) is 8.68. The predicted octanol–water partition coefficient (Wildman–Crippen LogP) is 2.03. The summed E-state index contributed by atoms with van der Waals surface area (Å²) in [5, 5.41) is 11.5. The number of benzene rings is 1. The van der Waals surface area contributed by atoms with Crippen LogP contribution in [-0.2, 0) is 16.6 Å². The van der Waals surface area contributed by atoms with Gasteiger partial charge in [0.25, 0.3) is 0 Å². The van der Waals surface area contributed by atoms with Crippen LogP contribution in [0, 0.1) is 5.92 Å². The van der Waals surface area contributed by atoms with Crippen molar-refractivity contribution in [3.8, 4) is 11.5 Å². The molecule has 4 heterocycles. The minimum absolute atomic E-state index is 0.205. The molecule has 1 aromatic carbocycles. The van der Waals surface area contributed by atoms with E-state index in [0.717, 1.165) is 49.6 Å². The minimum atomic E-state index is -0.885. The standard InChI is InChI=1S/C22H27NO4/c1-25-15-5-4-14-10-16-22-7-6-20(24,12-26-22)19-21(22,17(14)18(15)27-19)8-9-23(16)11-13-2-3-13/h4-5,13,16,19,24H,2-3,6-12H2,1H3/t16-,19+,20-,21+,22-/m1/s1. The highest BCUT2D eigenvalue weighted by atomic mass is 16.6. The molecule has 3 saturated heterocycles. The van der Waals surface area contributed by atoms with Gasteiger partial charge in [-0.25, -0.2) is 0 Å². The Balaban J connectivity index is 1.48. The first-order valence-corrected chi connectivity index (χ1v) is 10.6.